The van der Waals surface area contributed by atoms with Crippen molar-refractivity contribution in [1.29, 1.82) is 0 Å². The van der Waals surface area contributed by atoms with E-state index in [1.807, 2.05) is 31.2 Å². The molecule has 0 spiro atoms. The number of nitrogens with zero attached hydrogens (tertiary/aromatic N) is 1. The monoisotopic (exact) mass is 278 g/mol. The van der Waals surface area contributed by atoms with E-state index in [4.69, 9.17) is 22.7 Å². The molecule has 1 aliphatic heterocycles. The average Bonchev–Trinajstić information content (AvgIpc) is 2.83. The fourth-order valence-electron chi connectivity index (χ4n) is 2.18. The third kappa shape index (κ3) is 2.93. The van der Waals surface area contributed by atoms with Crippen LogP contribution in [0.2, 0.25) is 0 Å². The maximum absolute atomic E-state index is 12.3. The van der Waals surface area contributed by atoms with Crippen molar-refractivity contribution >= 4 is 28.8 Å². The van der Waals surface area contributed by atoms with E-state index < -0.39 is 0 Å². The molecule has 0 radical (unpaired) electrons. The van der Waals surface area contributed by atoms with Gasteiger partial charge in [0, 0.05) is 24.9 Å². The zero-order chi connectivity index (χ0) is 14.0. The maximum Gasteiger partial charge on any atom is 0.256 e. The van der Waals surface area contributed by atoms with E-state index in [0.717, 1.165) is 17.7 Å². The molecule has 2 atom stereocenters. The van der Waals surface area contributed by atoms with Gasteiger partial charge < -0.3 is 15.4 Å². The van der Waals surface area contributed by atoms with Crippen molar-refractivity contribution in [3.05, 3.63) is 29.8 Å². The molecule has 0 aliphatic carbocycles. The quantitative estimate of drug-likeness (QED) is 0.855. The van der Waals surface area contributed by atoms with Crippen LogP contribution in [0.1, 0.15) is 18.9 Å². The van der Waals surface area contributed by atoms with E-state index in [1.54, 1.807) is 11.9 Å². The molecule has 4 nitrogen and oxygen atoms in total. The molecule has 2 rings (SSSR count). The first-order valence-electron chi connectivity index (χ1n) is 6.29. The summed E-state index contributed by atoms with van der Waals surface area (Å²) in [5.74, 6) is 0.263. The van der Waals surface area contributed by atoms with Gasteiger partial charge >= 0.3 is 0 Å². The molecular weight excluding hydrogens is 260 g/mol. The fourth-order valence-corrected chi connectivity index (χ4v) is 2.31. The maximum atomic E-state index is 12.3. The van der Waals surface area contributed by atoms with Crippen LogP contribution in [0.25, 0.3) is 0 Å². The van der Waals surface area contributed by atoms with Crippen LogP contribution in [0.4, 0.5) is 5.69 Å². The number of thiocarbonyl (C=S) groups is 1. The molecule has 2 N–H and O–H groups in total. The highest BCUT2D eigenvalue weighted by Crippen LogP contribution is 2.24. The lowest BCUT2D eigenvalue weighted by Crippen LogP contribution is -2.38. The standard InChI is InChI=1S/C14H18N2O2S/c1-9-7-8-18-12(9)14(17)16(2)11-5-3-10(4-6-11)13(15)19/h3-6,9,12H,7-8H2,1-2H3,(H2,15,19). The van der Waals surface area contributed by atoms with Crippen molar-refractivity contribution in [3.63, 3.8) is 0 Å². The molecule has 1 aliphatic rings. The molecule has 1 aromatic carbocycles. The number of carbonyl (C=O) groups excluding carboxylic acids is 1. The number of carbonyl (C=O) groups is 1. The molecule has 5 heteroatoms. The molecule has 0 saturated carbocycles. The minimum Gasteiger partial charge on any atom is -0.389 e. The molecule has 2 unspecified atom stereocenters. The van der Waals surface area contributed by atoms with Gasteiger partial charge in [0.2, 0.25) is 0 Å². The van der Waals surface area contributed by atoms with Crippen LogP contribution in [-0.2, 0) is 9.53 Å². The molecule has 0 aromatic heterocycles. The van der Waals surface area contributed by atoms with Gasteiger partial charge in [0.15, 0.2) is 0 Å². The lowest BCUT2D eigenvalue weighted by Gasteiger charge is -2.23. The molecule has 19 heavy (non-hydrogen) atoms. The van der Waals surface area contributed by atoms with Crippen molar-refractivity contribution in [2.24, 2.45) is 11.7 Å². The van der Waals surface area contributed by atoms with Crippen LogP contribution < -0.4 is 10.6 Å². The smallest absolute Gasteiger partial charge is 0.256 e. The molecule has 1 fully saturated rings. The van der Waals surface area contributed by atoms with Gasteiger partial charge in [-0.25, -0.2) is 0 Å². The van der Waals surface area contributed by atoms with E-state index in [-0.39, 0.29) is 17.9 Å². The van der Waals surface area contributed by atoms with E-state index in [9.17, 15) is 4.79 Å². The Bertz CT molecular complexity index is 487. The van der Waals surface area contributed by atoms with Crippen LogP contribution >= 0.6 is 12.2 Å². The molecular formula is C14H18N2O2S. The summed E-state index contributed by atoms with van der Waals surface area (Å²) < 4.78 is 5.50. The summed E-state index contributed by atoms with van der Waals surface area (Å²) in [6.45, 7) is 2.70. The van der Waals surface area contributed by atoms with Gasteiger partial charge in [-0.2, -0.15) is 0 Å². The second kappa shape index (κ2) is 5.67. The number of rotatable bonds is 3. The van der Waals surface area contributed by atoms with E-state index in [0.29, 0.717) is 11.6 Å². The first kappa shape index (κ1) is 14.0. The van der Waals surface area contributed by atoms with Gasteiger partial charge in [0.1, 0.15) is 11.1 Å². The molecule has 1 heterocycles. The number of anilines is 1. The zero-order valence-corrected chi connectivity index (χ0v) is 11.9. The van der Waals surface area contributed by atoms with Crippen LogP contribution in [0.5, 0.6) is 0 Å². The van der Waals surface area contributed by atoms with Crippen LogP contribution in [0, 0.1) is 5.92 Å². The summed E-state index contributed by atoms with van der Waals surface area (Å²) in [6, 6.07) is 7.32. The molecule has 1 saturated heterocycles. The summed E-state index contributed by atoms with van der Waals surface area (Å²) in [5.41, 5.74) is 7.16. The Morgan fingerprint density at radius 3 is 2.53 bits per heavy atom. The number of hydrogen-bond acceptors (Lipinski definition) is 3. The van der Waals surface area contributed by atoms with Gasteiger partial charge in [0.05, 0.1) is 0 Å². The molecule has 102 valence electrons. The van der Waals surface area contributed by atoms with Crippen LogP contribution in [-0.4, -0.2) is 30.7 Å². The predicted molar refractivity (Wildman–Crippen MR) is 79.3 cm³/mol. The third-order valence-corrected chi connectivity index (χ3v) is 3.74. The highest BCUT2D eigenvalue weighted by atomic mass is 32.1. The highest BCUT2D eigenvalue weighted by molar-refractivity contribution is 7.80. The van der Waals surface area contributed by atoms with Gasteiger partial charge in [-0.05, 0) is 36.6 Å². The number of likely N-dealkylation sites (N-methyl/N-ethyl adjacent to an activating group) is 1. The first-order chi connectivity index (χ1) is 9.00. The largest absolute Gasteiger partial charge is 0.389 e. The van der Waals surface area contributed by atoms with E-state index in [2.05, 4.69) is 0 Å². The number of ether oxygens (including phenoxy) is 1. The lowest BCUT2D eigenvalue weighted by molar-refractivity contribution is -0.128. The van der Waals surface area contributed by atoms with Crippen molar-refractivity contribution < 1.29 is 9.53 Å². The van der Waals surface area contributed by atoms with Gasteiger partial charge in [0.25, 0.3) is 5.91 Å². The summed E-state index contributed by atoms with van der Waals surface area (Å²) in [4.78, 5) is 14.3. The Hall–Kier alpha value is -1.46. The van der Waals surface area contributed by atoms with Crippen LogP contribution in [0.3, 0.4) is 0 Å². The van der Waals surface area contributed by atoms with Crippen molar-refractivity contribution in [3.8, 4) is 0 Å². The van der Waals surface area contributed by atoms with Gasteiger partial charge in [-0.3, -0.25) is 4.79 Å². The minimum absolute atomic E-state index is 0.00641. The number of nitrogens with two attached hydrogens (primary N) is 1. The van der Waals surface area contributed by atoms with Crippen LogP contribution in [0.15, 0.2) is 24.3 Å². The molecule has 0 bridgehead atoms. The molecule has 1 aromatic rings. The Balaban J connectivity index is 2.12. The van der Waals surface area contributed by atoms with E-state index in [1.165, 1.54) is 0 Å². The van der Waals surface area contributed by atoms with Gasteiger partial charge in [-0.1, -0.05) is 19.1 Å². The summed E-state index contributed by atoms with van der Waals surface area (Å²) in [7, 11) is 1.76. The highest BCUT2D eigenvalue weighted by Gasteiger charge is 2.33. The van der Waals surface area contributed by atoms with Crippen molar-refractivity contribution in [2.75, 3.05) is 18.6 Å². The van der Waals surface area contributed by atoms with Gasteiger partial charge in [-0.15, -0.1) is 0 Å². The fraction of sp³-hybridized carbons (Fsp3) is 0.429. The van der Waals surface area contributed by atoms with Crippen molar-refractivity contribution in [2.45, 2.75) is 19.4 Å². The molecule has 1 amide bonds. The topological polar surface area (TPSA) is 55.6 Å². The second-order valence-electron chi connectivity index (χ2n) is 4.87. The third-order valence-electron chi connectivity index (χ3n) is 3.50. The Morgan fingerprint density at radius 2 is 2.05 bits per heavy atom. The number of amides is 1. The zero-order valence-electron chi connectivity index (χ0n) is 11.1. The number of hydrogen-bond donors (Lipinski definition) is 1. The summed E-state index contributed by atoms with van der Waals surface area (Å²) in [5, 5.41) is 0. The minimum atomic E-state index is -0.333. The SMILES string of the molecule is CC1CCOC1C(=O)N(C)c1ccc(C(N)=S)cc1. The summed E-state index contributed by atoms with van der Waals surface area (Å²) in [6.07, 6.45) is 0.602. The average molecular weight is 278 g/mol. The lowest BCUT2D eigenvalue weighted by atomic mass is 10.0. The normalized spacial score (nSPS) is 22.2. The summed E-state index contributed by atoms with van der Waals surface area (Å²) >= 11 is 4.90. The van der Waals surface area contributed by atoms with Crippen molar-refractivity contribution in [1.82, 2.24) is 0 Å². The second-order valence-corrected chi connectivity index (χ2v) is 5.31. The Labute approximate surface area is 118 Å². The number of benzene rings is 1. The Kier molecular flexibility index (Phi) is 4.17. The van der Waals surface area contributed by atoms with E-state index >= 15 is 0 Å². The Morgan fingerprint density at radius 1 is 1.42 bits per heavy atom. The first-order valence-corrected chi connectivity index (χ1v) is 6.70. The predicted octanol–water partition coefficient (Wildman–Crippen LogP) is 1.71.